The van der Waals surface area contributed by atoms with Crippen molar-refractivity contribution in [2.24, 2.45) is 0 Å². The Morgan fingerprint density at radius 3 is 2.29 bits per heavy atom. The Morgan fingerprint density at radius 1 is 1.00 bits per heavy atom. The third-order valence-electron chi connectivity index (χ3n) is 4.64. The fourth-order valence-corrected chi connectivity index (χ4v) is 3.14. The van der Waals surface area contributed by atoms with Gasteiger partial charge in [-0.25, -0.2) is 14.3 Å². The van der Waals surface area contributed by atoms with Gasteiger partial charge in [0.2, 0.25) is 5.75 Å². The lowest BCUT2D eigenvalue weighted by molar-refractivity contribution is 0.101. The highest BCUT2D eigenvalue weighted by Gasteiger charge is 2.18. The Kier molecular flexibility index (Phi) is 5.27. The van der Waals surface area contributed by atoms with E-state index in [0.717, 1.165) is 10.4 Å². The first kappa shape index (κ1) is 20.0. The molecular weight excluding hydrogens is 402 g/mol. The van der Waals surface area contributed by atoms with E-state index in [9.17, 15) is 9.59 Å². The van der Waals surface area contributed by atoms with Crippen molar-refractivity contribution in [1.29, 1.82) is 0 Å². The van der Waals surface area contributed by atoms with Crippen LogP contribution in [0.15, 0.2) is 59.8 Å². The van der Waals surface area contributed by atoms with E-state index < -0.39 is 11.5 Å². The zero-order valence-corrected chi connectivity index (χ0v) is 17.0. The number of hydrogen-bond donors (Lipinski definition) is 1. The van der Waals surface area contributed by atoms with Crippen LogP contribution < -0.4 is 25.2 Å². The molecule has 0 fully saturated rings. The van der Waals surface area contributed by atoms with Crippen LogP contribution in [0.1, 0.15) is 10.4 Å². The van der Waals surface area contributed by atoms with Crippen LogP contribution in [0.5, 0.6) is 17.2 Å². The minimum absolute atomic E-state index is 0.210. The molecule has 1 amide bonds. The maximum absolute atomic E-state index is 12.9. The number of rotatable bonds is 6. The lowest BCUT2D eigenvalue weighted by atomic mass is 10.1. The molecule has 10 nitrogen and oxygen atoms in total. The lowest BCUT2D eigenvalue weighted by Gasteiger charge is -2.14. The van der Waals surface area contributed by atoms with Crippen molar-refractivity contribution in [2.45, 2.75) is 0 Å². The van der Waals surface area contributed by atoms with Gasteiger partial charge < -0.3 is 14.2 Å². The average Bonchev–Trinajstić information content (AvgIpc) is 3.25. The number of carbonyl (C=O) groups is 1. The minimum Gasteiger partial charge on any atom is -0.493 e. The quantitative estimate of drug-likeness (QED) is 0.507. The van der Waals surface area contributed by atoms with E-state index in [4.69, 9.17) is 14.2 Å². The van der Waals surface area contributed by atoms with Crippen molar-refractivity contribution in [3.8, 4) is 22.9 Å². The molecule has 0 aliphatic rings. The van der Waals surface area contributed by atoms with E-state index in [2.05, 4.69) is 15.5 Å². The number of nitrogens with zero attached hydrogens (tertiary/aromatic N) is 4. The second-order valence-corrected chi connectivity index (χ2v) is 6.40. The minimum atomic E-state index is -0.557. The number of benzene rings is 2. The number of para-hydroxylation sites is 1. The third-order valence-corrected chi connectivity index (χ3v) is 4.64. The summed E-state index contributed by atoms with van der Waals surface area (Å²) in [5, 5.41) is 4.51. The molecule has 0 unspecified atom stereocenters. The van der Waals surface area contributed by atoms with Crippen LogP contribution >= 0.6 is 0 Å². The highest BCUT2D eigenvalue weighted by molar-refractivity contribution is 6.01. The highest BCUT2D eigenvalue weighted by atomic mass is 16.5. The SMILES string of the molecule is COc1cc(C(=O)Nn2cnc3c(cnn3-c3ccccc3)c2=O)cc(OC)c1OC. The van der Waals surface area contributed by atoms with Crippen molar-refractivity contribution in [3.05, 3.63) is 70.9 Å². The maximum Gasteiger partial charge on any atom is 0.283 e. The van der Waals surface area contributed by atoms with Gasteiger partial charge in [0.1, 0.15) is 11.7 Å². The van der Waals surface area contributed by atoms with Gasteiger partial charge in [-0.15, -0.1) is 0 Å². The summed E-state index contributed by atoms with van der Waals surface area (Å²) >= 11 is 0. The number of hydrogen-bond acceptors (Lipinski definition) is 7. The smallest absolute Gasteiger partial charge is 0.283 e. The van der Waals surface area contributed by atoms with Gasteiger partial charge in [-0.3, -0.25) is 15.0 Å². The Labute approximate surface area is 176 Å². The number of carbonyl (C=O) groups excluding carboxylic acids is 1. The van der Waals surface area contributed by atoms with Crippen molar-refractivity contribution < 1.29 is 19.0 Å². The fourth-order valence-electron chi connectivity index (χ4n) is 3.14. The molecule has 0 saturated carbocycles. The monoisotopic (exact) mass is 421 g/mol. The zero-order valence-electron chi connectivity index (χ0n) is 17.0. The first-order chi connectivity index (χ1) is 15.1. The van der Waals surface area contributed by atoms with Crippen LogP contribution in [0.3, 0.4) is 0 Å². The molecule has 0 atom stereocenters. The van der Waals surface area contributed by atoms with Crippen LogP contribution in [0.25, 0.3) is 16.7 Å². The lowest BCUT2D eigenvalue weighted by Crippen LogP contribution is -2.33. The molecule has 10 heteroatoms. The van der Waals surface area contributed by atoms with Crippen LogP contribution in [0.2, 0.25) is 0 Å². The highest BCUT2D eigenvalue weighted by Crippen LogP contribution is 2.38. The predicted octanol–water partition coefficient (Wildman–Crippen LogP) is 1.99. The summed E-state index contributed by atoms with van der Waals surface area (Å²) in [4.78, 5) is 30.0. The Balaban J connectivity index is 1.69. The molecule has 0 radical (unpaired) electrons. The van der Waals surface area contributed by atoms with Gasteiger partial charge in [-0.1, -0.05) is 18.2 Å². The van der Waals surface area contributed by atoms with Crippen molar-refractivity contribution in [1.82, 2.24) is 19.4 Å². The summed E-state index contributed by atoms with van der Waals surface area (Å²) in [7, 11) is 4.37. The number of nitrogens with one attached hydrogen (secondary N) is 1. The molecule has 4 rings (SSSR count). The summed E-state index contributed by atoms with van der Waals surface area (Å²) in [5.74, 6) is 0.433. The summed E-state index contributed by atoms with van der Waals surface area (Å²) in [5.41, 5.74) is 3.42. The summed E-state index contributed by atoms with van der Waals surface area (Å²) in [6.07, 6.45) is 2.65. The van der Waals surface area contributed by atoms with Gasteiger partial charge in [0, 0.05) is 5.56 Å². The van der Waals surface area contributed by atoms with E-state index >= 15 is 0 Å². The van der Waals surface area contributed by atoms with E-state index in [-0.39, 0.29) is 10.9 Å². The summed E-state index contributed by atoms with van der Waals surface area (Å²) in [6.45, 7) is 0. The molecule has 31 heavy (non-hydrogen) atoms. The average molecular weight is 421 g/mol. The Bertz CT molecular complexity index is 1290. The summed E-state index contributed by atoms with van der Waals surface area (Å²) in [6, 6.07) is 12.3. The zero-order chi connectivity index (χ0) is 22.0. The van der Waals surface area contributed by atoms with Crippen LogP contribution in [-0.4, -0.2) is 46.7 Å². The van der Waals surface area contributed by atoms with Gasteiger partial charge in [0.15, 0.2) is 17.1 Å². The first-order valence-electron chi connectivity index (χ1n) is 9.19. The molecule has 0 saturated heterocycles. The van der Waals surface area contributed by atoms with Gasteiger partial charge in [0.05, 0.1) is 33.2 Å². The molecule has 1 N–H and O–H groups in total. The van der Waals surface area contributed by atoms with Crippen LogP contribution in [0, 0.1) is 0 Å². The molecular formula is C21H19N5O5. The number of aromatic nitrogens is 4. The van der Waals surface area contributed by atoms with E-state index in [1.807, 2.05) is 30.3 Å². The molecule has 0 aliphatic heterocycles. The van der Waals surface area contributed by atoms with E-state index in [0.29, 0.717) is 22.9 Å². The number of amides is 1. The second kappa shape index (κ2) is 8.19. The van der Waals surface area contributed by atoms with Gasteiger partial charge in [-0.05, 0) is 24.3 Å². The molecule has 2 aromatic heterocycles. The maximum atomic E-state index is 12.9. The number of methoxy groups -OCH3 is 3. The molecule has 4 aromatic rings. The van der Waals surface area contributed by atoms with E-state index in [1.54, 1.807) is 4.68 Å². The van der Waals surface area contributed by atoms with Crippen LogP contribution in [-0.2, 0) is 0 Å². The molecule has 0 spiro atoms. The van der Waals surface area contributed by atoms with Crippen molar-refractivity contribution >= 4 is 16.9 Å². The van der Waals surface area contributed by atoms with Crippen LogP contribution in [0.4, 0.5) is 0 Å². The third kappa shape index (κ3) is 3.54. The molecule has 158 valence electrons. The Morgan fingerprint density at radius 2 is 1.68 bits per heavy atom. The molecule has 2 heterocycles. The summed E-state index contributed by atoms with van der Waals surface area (Å²) < 4.78 is 18.4. The van der Waals surface area contributed by atoms with Crippen molar-refractivity contribution in [2.75, 3.05) is 26.8 Å². The fraction of sp³-hybridized carbons (Fsp3) is 0.143. The number of fused-ring (bicyclic) bond motifs is 1. The first-order valence-corrected chi connectivity index (χ1v) is 9.19. The standard InChI is InChI=1S/C21H19N5O5/c1-29-16-9-13(10-17(30-2)18(16)31-3)20(27)24-25-12-22-19-15(21(25)28)11-23-26(19)14-7-5-4-6-8-14/h4-12H,1-3H3,(H,24,27). The normalized spacial score (nSPS) is 10.7. The second-order valence-electron chi connectivity index (χ2n) is 6.40. The van der Waals surface area contributed by atoms with Gasteiger partial charge >= 0.3 is 0 Å². The Hall–Kier alpha value is -4.34. The molecule has 0 aliphatic carbocycles. The largest absolute Gasteiger partial charge is 0.493 e. The predicted molar refractivity (Wildman–Crippen MR) is 113 cm³/mol. The number of ether oxygens (including phenoxy) is 3. The molecule has 2 aromatic carbocycles. The van der Waals surface area contributed by atoms with E-state index in [1.165, 1.54) is 46.0 Å². The van der Waals surface area contributed by atoms with Crippen molar-refractivity contribution in [3.63, 3.8) is 0 Å². The van der Waals surface area contributed by atoms with Gasteiger partial charge in [-0.2, -0.15) is 5.10 Å². The molecule has 0 bridgehead atoms. The topological polar surface area (TPSA) is 110 Å². The van der Waals surface area contributed by atoms with Gasteiger partial charge in [0.25, 0.3) is 11.5 Å².